The monoisotopic (exact) mass is 348 g/mol. The molecule has 0 aromatic heterocycles. The summed E-state index contributed by atoms with van der Waals surface area (Å²) < 4.78 is 21.4. The summed E-state index contributed by atoms with van der Waals surface area (Å²) in [5, 5.41) is 18.2. The van der Waals surface area contributed by atoms with E-state index >= 15 is 0 Å². The molecule has 0 heterocycles. The van der Waals surface area contributed by atoms with Crippen molar-refractivity contribution in [2.75, 3.05) is 14.2 Å². The van der Waals surface area contributed by atoms with Crippen LogP contribution in [0.5, 0.6) is 11.5 Å². The van der Waals surface area contributed by atoms with E-state index in [2.05, 4.69) is 0 Å². The third-order valence-corrected chi connectivity index (χ3v) is 4.52. The molecule has 0 aliphatic rings. The van der Waals surface area contributed by atoms with Crippen LogP contribution in [0.3, 0.4) is 0 Å². The smallest absolute Gasteiger partial charge is 0.340 e. The van der Waals surface area contributed by atoms with Gasteiger partial charge in [0.05, 0.1) is 20.1 Å². The molecule has 2 unspecified atom stereocenters. The Labute approximate surface area is 131 Å². The number of carboxylic acids is 2. The summed E-state index contributed by atoms with van der Waals surface area (Å²) in [7, 11) is -2.37. The number of benzene rings is 1. The Bertz CT molecular complexity index is 636. The van der Waals surface area contributed by atoms with Gasteiger partial charge in [-0.1, -0.05) is 6.07 Å². The van der Waals surface area contributed by atoms with Gasteiger partial charge in [0.25, 0.3) is 0 Å². The van der Waals surface area contributed by atoms with Gasteiger partial charge in [-0.05, 0) is 24.1 Å². The number of hydrogen-bond donors (Lipinski definition) is 4. The van der Waals surface area contributed by atoms with Crippen molar-refractivity contribution in [1.29, 1.82) is 0 Å². The molecule has 9 nitrogen and oxygen atoms in total. The Kier molecular flexibility index (Phi) is 6.14. The number of carboxylic acid groups (broad SMARTS) is 2. The lowest BCUT2D eigenvalue weighted by Gasteiger charge is -2.21. The molecule has 0 saturated carbocycles. The molecule has 0 fully saturated rings. The Morgan fingerprint density at radius 3 is 2.04 bits per heavy atom. The molecular formula is C13H17O9P. The van der Waals surface area contributed by atoms with Crippen LogP contribution >= 0.6 is 7.60 Å². The van der Waals surface area contributed by atoms with Gasteiger partial charge in [-0.25, -0.2) is 0 Å². The van der Waals surface area contributed by atoms with Crippen LogP contribution < -0.4 is 9.47 Å². The number of carbonyl (C=O) groups is 2. The quantitative estimate of drug-likeness (QED) is 0.494. The largest absolute Gasteiger partial charge is 0.493 e. The fourth-order valence-electron chi connectivity index (χ4n) is 2.15. The van der Waals surface area contributed by atoms with Gasteiger partial charge in [0.15, 0.2) is 17.2 Å². The molecule has 0 radical (unpaired) electrons. The minimum Gasteiger partial charge on any atom is -0.493 e. The summed E-state index contributed by atoms with van der Waals surface area (Å²) in [5.41, 5.74) is -2.00. The second-order valence-corrected chi connectivity index (χ2v) is 6.44. The van der Waals surface area contributed by atoms with E-state index in [1.165, 1.54) is 32.4 Å². The lowest BCUT2D eigenvalue weighted by atomic mass is 9.95. The molecule has 1 rings (SSSR count). The van der Waals surface area contributed by atoms with Crippen molar-refractivity contribution in [2.24, 2.45) is 5.92 Å². The number of methoxy groups -OCH3 is 2. The molecule has 0 amide bonds. The van der Waals surface area contributed by atoms with Crippen molar-refractivity contribution >= 4 is 19.5 Å². The average molecular weight is 348 g/mol. The van der Waals surface area contributed by atoms with E-state index in [0.717, 1.165) is 0 Å². The van der Waals surface area contributed by atoms with Gasteiger partial charge in [0.1, 0.15) is 0 Å². The topological polar surface area (TPSA) is 151 Å². The van der Waals surface area contributed by atoms with Crippen molar-refractivity contribution in [2.45, 2.75) is 12.1 Å². The first kappa shape index (κ1) is 19.0. The molecule has 0 aliphatic heterocycles. The zero-order valence-corrected chi connectivity index (χ0v) is 13.3. The Balaban J connectivity index is 3.21. The van der Waals surface area contributed by atoms with Gasteiger partial charge in [-0.15, -0.1) is 0 Å². The van der Waals surface area contributed by atoms with Crippen molar-refractivity contribution in [3.8, 4) is 11.5 Å². The minimum atomic E-state index is -5.15. The first-order valence-corrected chi connectivity index (χ1v) is 8.01. The number of ether oxygens (including phenoxy) is 2. The molecule has 0 bridgehead atoms. The van der Waals surface area contributed by atoms with E-state index in [1.807, 2.05) is 0 Å². The standard InChI is InChI=1S/C13H17O9P/c1-21-9-4-3-7(6-10(9)22-2)5-8(12(14)15)11(13(16)17)23(18,19)20/h3-4,6,8,11H,5H2,1-2H3,(H,14,15)(H,16,17)(H2,18,19,20). The summed E-state index contributed by atoms with van der Waals surface area (Å²) in [6.45, 7) is 0. The first-order chi connectivity index (χ1) is 10.6. The van der Waals surface area contributed by atoms with Gasteiger partial charge in [-0.3, -0.25) is 14.2 Å². The van der Waals surface area contributed by atoms with E-state index in [4.69, 9.17) is 24.4 Å². The molecule has 10 heteroatoms. The van der Waals surface area contributed by atoms with E-state index in [-0.39, 0.29) is 5.75 Å². The zero-order valence-electron chi connectivity index (χ0n) is 12.4. The van der Waals surface area contributed by atoms with E-state index in [1.54, 1.807) is 0 Å². The van der Waals surface area contributed by atoms with Gasteiger partial charge in [0, 0.05) is 0 Å². The fourth-order valence-corrected chi connectivity index (χ4v) is 3.14. The summed E-state index contributed by atoms with van der Waals surface area (Å²) in [5.74, 6) is -4.61. The molecule has 1 aromatic carbocycles. The van der Waals surface area contributed by atoms with Gasteiger partial charge in [-0.2, -0.15) is 0 Å². The summed E-state index contributed by atoms with van der Waals surface area (Å²) in [4.78, 5) is 40.7. The van der Waals surface area contributed by atoms with Crippen LogP contribution in [0.4, 0.5) is 0 Å². The third-order valence-electron chi connectivity index (χ3n) is 3.22. The number of rotatable bonds is 8. The average Bonchev–Trinajstić information content (AvgIpc) is 2.44. The predicted octanol–water partition coefficient (Wildman–Crippen LogP) is 0.578. The molecule has 4 N–H and O–H groups in total. The van der Waals surface area contributed by atoms with E-state index < -0.39 is 37.5 Å². The van der Waals surface area contributed by atoms with Crippen LogP contribution in [0, 0.1) is 5.92 Å². The SMILES string of the molecule is COc1ccc(CC(C(=O)O)C(C(=O)O)P(=O)(O)O)cc1OC. The zero-order chi connectivity index (χ0) is 17.8. The van der Waals surface area contributed by atoms with Crippen LogP contribution in [-0.2, 0) is 20.6 Å². The molecule has 128 valence electrons. The van der Waals surface area contributed by atoms with Crippen LogP contribution in [0.15, 0.2) is 18.2 Å². The maximum atomic E-state index is 11.3. The highest BCUT2D eigenvalue weighted by atomic mass is 31.2. The molecule has 2 atom stereocenters. The van der Waals surface area contributed by atoms with Crippen molar-refractivity contribution in [3.05, 3.63) is 23.8 Å². The second-order valence-electron chi connectivity index (χ2n) is 4.71. The lowest BCUT2D eigenvalue weighted by Crippen LogP contribution is -2.36. The fraction of sp³-hybridized carbons (Fsp3) is 0.385. The maximum Gasteiger partial charge on any atom is 0.340 e. The highest BCUT2D eigenvalue weighted by molar-refractivity contribution is 7.53. The predicted molar refractivity (Wildman–Crippen MR) is 77.8 cm³/mol. The molecule has 0 aliphatic carbocycles. The van der Waals surface area contributed by atoms with Crippen molar-refractivity contribution < 1.29 is 43.6 Å². The molecule has 0 spiro atoms. The lowest BCUT2D eigenvalue weighted by molar-refractivity contribution is -0.148. The highest BCUT2D eigenvalue weighted by Gasteiger charge is 2.46. The van der Waals surface area contributed by atoms with Crippen molar-refractivity contribution in [1.82, 2.24) is 0 Å². The summed E-state index contributed by atoms with van der Waals surface area (Å²) in [6, 6.07) is 4.38. The second kappa shape index (κ2) is 7.45. The Morgan fingerprint density at radius 1 is 1.09 bits per heavy atom. The van der Waals surface area contributed by atoms with Gasteiger partial charge < -0.3 is 29.5 Å². The molecule has 23 heavy (non-hydrogen) atoms. The van der Waals surface area contributed by atoms with E-state index in [9.17, 15) is 19.3 Å². The van der Waals surface area contributed by atoms with Crippen LogP contribution in [0.25, 0.3) is 0 Å². The van der Waals surface area contributed by atoms with Crippen LogP contribution in [0.1, 0.15) is 5.56 Å². The molecule has 0 saturated heterocycles. The Hall–Kier alpha value is -2.09. The number of hydrogen-bond acceptors (Lipinski definition) is 5. The highest BCUT2D eigenvalue weighted by Crippen LogP contribution is 2.46. The van der Waals surface area contributed by atoms with E-state index in [0.29, 0.717) is 11.3 Å². The van der Waals surface area contributed by atoms with Crippen LogP contribution in [0.2, 0.25) is 0 Å². The summed E-state index contributed by atoms with van der Waals surface area (Å²) in [6.07, 6.45) is -0.391. The van der Waals surface area contributed by atoms with Crippen LogP contribution in [-0.4, -0.2) is 51.8 Å². The normalized spacial score (nSPS) is 13.9. The van der Waals surface area contributed by atoms with Crippen molar-refractivity contribution in [3.63, 3.8) is 0 Å². The minimum absolute atomic E-state index is 0.289. The molecule has 1 aromatic rings. The first-order valence-electron chi connectivity index (χ1n) is 6.33. The summed E-state index contributed by atoms with van der Waals surface area (Å²) >= 11 is 0. The third kappa shape index (κ3) is 4.69. The maximum absolute atomic E-state index is 11.3. The Morgan fingerprint density at radius 2 is 1.65 bits per heavy atom. The number of aliphatic carboxylic acids is 2. The van der Waals surface area contributed by atoms with Gasteiger partial charge in [0.2, 0.25) is 0 Å². The molecular weight excluding hydrogens is 331 g/mol. The van der Waals surface area contributed by atoms with Gasteiger partial charge >= 0.3 is 19.5 Å².